The Hall–Kier alpha value is -0.380. The summed E-state index contributed by atoms with van der Waals surface area (Å²) >= 11 is 0. The van der Waals surface area contributed by atoms with Gasteiger partial charge >= 0.3 is 0 Å². The largest absolute Gasteiger partial charge is 0.377 e. The molecule has 0 bridgehead atoms. The fraction of sp³-hybridized carbons (Fsp3) is 0.875. The van der Waals surface area contributed by atoms with Crippen LogP contribution < -0.4 is 0 Å². The molecule has 0 N–H and O–H groups in total. The standard InChI is InChI=1S/C16H27NO2/c1-2-9-18-13-16-7-3-10-19-15(16)6-8-17(12-16)11-14-4-5-14/h2,14-15H,1,3-13H2/t15-,16-/m0/s1. The molecule has 0 radical (unpaired) electrons. The van der Waals surface area contributed by atoms with Crippen LogP contribution in [0.5, 0.6) is 0 Å². The Labute approximate surface area is 116 Å². The Morgan fingerprint density at radius 3 is 3.05 bits per heavy atom. The molecule has 19 heavy (non-hydrogen) atoms. The molecule has 3 heteroatoms. The molecule has 0 unspecified atom stereocenters. The van der Waals surface area contributed by atoms with E-state index in [0.29, 0.717) is 12.7 Å². The molecule has 2 atom stereocenters. The Bertz CT molecular complexity index is 316. The first-order valence-corrected chi connectivity index (χ1v) is 7.85. The molecule has 0 spiro atoms. The normalized spacial score (nSPS) is 35.9. The van der Waals surface area contributed by atoms with Crippen LogP contribution in [0.25, 0.3) is 0 Å². The van der Waals surface area contributed by atoms with E-state index in [9.17, 15) is 0 Å². The summed E-state index contributed by atoms with van der Waals surface area (Å²) in [6.07, 6.45) is 8.78. The molecule has 2 saturated heterocycles. The second kappa shape index (κ2) is 5.94. The lowest BCUT2D eigenvalue weighted by atomic mass is 9.73. The van der Waals surface area contributed by atoms with Gasteiger partial charge in [-0.15, -0.1) is 6.58 Å². The summed E-state index contributed by atoms with van der Waals surface area (Å²) in [6, 6.07) is 0. The fourth-order valence-electron chi connectivity index (χ4n) is 3.76. The van der Waals surface area contributed by atoms with E-state index in [2.05, 4.69) is 11.5 Å². The third kappa shape index (κ3) is 3.21. The molecule has 0 aromatic carbocycles. The van der Waals surface area contributed by atoms with Gasteiger partial charge in [-0.2, -0.15) is 0 Å². The summed E-state index contributed by atoms with van der Waals surface area (Å²) in [6.45, 7) is 9.87. The number of nitrogens with zero attached hydrogens (tertiary/aromatic N) is 1. The first-order valence-electron chi connectivity index (χ1n) is 7.85. The van der Waals surface area contributed by atoms with Crippen LogP contribution in [0, 0.1) is 11.3 Å². The van der Waals surface area contributed by atoms with Crippen LogP contribution in [0.4, 0.5) is 0 Å². The van der Waals surface area contributed by atoms with Crippen molar-refractivity contribution in [1.82, 2.24) is 4.90 Å². The van der Waals surface area contributed by atoms with E-state index in [1.807, 2.05) is 6.08 Å². The molecule has 1 saturated carbocycles. The number of piperidine rings is 1. The molecule has 0 aromatic rings. The maximum Gasteiger partial charge on any atom is 0.0677 e. The lowest BCUT2D eigenvalue weighted by Gasteiger charge is -2.50. The molecule has 108 valence electrons. The van der Waals surface area contributed by atoms with E-state index in [1.165, 1.54) is 51.7 Å². The number of rotatable bonds is 6. The molecule has 3 nitrogen and oxygen atoms in total. The molecule has 1 aliphatic carbocycles. The Morgan fingerprint density at radius 2 is 2.26 bits per heavy atom. The molecule has 3 rings (SSSR count). The van der Waals surface area contributed by atoms with Crippen LogP contribution in [-0.2, 0) is 9.47 Å². The van der Waals surface area contributed by atoms with Crippen molar-refractivity contribution < 1.29 is 9.47 Å². The third-order valence-corrected chi connectivity index (χ3v) is 4.91. The van der Waals surface area contributed by atoms with Gasteiger partial charge in [0, 0.05) is 31.7 Å². The summed E-state index contributed by atoms with van der Waals surface area (Å²) < 4.78 is 11.9. The van der Waals surface area contributed by atoms with Gasteiger partial charge in [-0.05, 0) is 38.0 Å². The van der Waals surface area contributed by atoms with Gasteiger partial charge in [0.2, 0.25) is 0 Å². The van der Waals surface area contributed by atoms with Crippen LogP contribution in [0.3, 0.4) is 0 Å². The van der Waals surface area contributed by atoms with E-state index in [0.717, 1.165) is 19.1 Å². The van der Waals surface area contributed by atoms with Crippen molar-refractivity contribution in [3.05, 3.63) is 12.7 Å². The highest BCUT2D eigenvalue weighted by Crippen LogP contribution is 2.41. The first kappa shape index (κ1) is 13.6. The van der Waals surface area contributed by atoms with Crippen molar-refractivity contribution in [1.29, 1.82) is 0 Å². The Morgan fingerprint density at radius 1 is 1.37 bits per heavy atom. The lowest BCUT2D eigenvalue weighted by Crippen LogP contribution is -2.57. The molecule has 3 aliphatic rings. The molecular weight excluding hydrogens is 238 g/mol. The molecular formula is C16H27NO2. The lowest BCUT2D eigenvalue weighted by molar-refractivity contribution is -0.151. The van der Waals surface area contributed by atoms with Crippen LogP contribution in [0.15, 0.2) is 12.7 Å². The van der Waals surface area contributed by atoms with Crippen LogP contribution in [-0.4, -0.2) is 50.5 Å². The van der Waals surface area contributed by atoms with Crippen molar-refractivity contribution in [2.24, 2.45) is 11.3 Å². The van der Waals surface area contributed by atoms with E-state index in [1.54, 1.807) is 0 Å². The van der Waals surface area contributed by atoms with Gasteiger partial charge in [-0.1, -0.05) is 6.08 Å². The minimum Gasteiger partial charge on any atom is -0.377 e. The van der Waals surface area contributed by atoms with Crippen LogP contribution in [0.1, 0.15) is 32.1 Å². The highest BCUT2D eigenvalue weighted by atomic mass is 16.5. The zero-order valence-corrected chi connectivity index (χ0v) is 12.0. The zero-order valence-electron chi connectivity index (χ0n) is 12.0. The van der Waals surface area contributed by atoms with Gasteiger partial charge in [0.15, 0.2) is 0 Å². The monoisotopic (exact) mass is 265 g/mol. The Kier molecular flexibility index (Phi) is 4.25. The highest BCUT2D eigenvalue weighted by molar-refractivity contribution is 4.97. The van der Waals surface area contributed by atoms with E-state index in [-0.39, 0.29) is 5.41 Å². The topological polar surface area (TPSA) is 21.7 Å². The molecule has 2 aliphatic heterocycles. The minimum absolute atomic E-state index is 0.244. The van der Waals surface area contributed by atoms with E-state index in [4.69, 9.17) is 9.47 Å². The molecule has 0 amide bonds. The predicted molar refractivity (Wildman–Crippen MR) is 76.2 cm³/mol. The van der Waals surface area contributed by atoms with Gasteiger partial charge in [-0.25, -0.2) is 0 Å². The fourth-order valence-corrected chi connectivity index (χ4v) is 3.76. The maximum atomic E-state index is 6.05. The van der Waals surface area contributed by atoms with Crippen molar-refractivity contribution >= 4 is 0 Å². The first-order chi connectivity index (χ1) is 9.32. The third-order valence-electron chi connectivity index (χ3n) is 4.91. The zero-order chi connectivity index (χ0) is 13.1. The van der Waals surface area contributed by atoms with Gasteiger partial charge in [0.25, 0.3) is 0 Å². The summed E-state index contributed by atoms with van der Waals surface area (Å²) in [5, 5.41) is 0. The number of hydrogen-bond acceptors (Lipinski definition) is 3. The number of fused-ring (bicyclic) bond motifs is 1. The van der Waals surface area contributed by atoms with Gasteiger partial charge in [0.05, 0.1) is 19.3 Å². The van der Waals surface area contributed by atoms with Crippen LogP contribution >= 0.6 is 0 Å². The number of hydrogen-bond donors (Lipinski definition) is 0. The van der Waals surface area contributed by atoms with Crippen LogP contribution in [0.2, 0.25) is 0 Å². The molecule has 3 fully saturated rings. The quantitative estimate of drug-likeness (QED) is 0.544. The molecule has 0 aromatic heterocycles. The summed E-state index contributed by atoms with van der Waals surface area (Å²) in [7, 11) is 0. The highest BCUT2D eigenvalue weighted by Gasteiger charge is 2.46. The van der Waals surface area contributed by atoms with Gasteiger partial charge in [-0.3, -0.25) is 0 Å². The van der Waals surface area contributed by atoms with Gasteiger partial charge in [0.1, 0.15) is 0 Å². The second-order valence-electron chi connectivity index (χ2n) is 6.60. The average Bonchev–Trinajstić information content (AvgIpc) is 3.23. The van der Waals surface area contributed by atoms with Gasteiger partial charge < -0.3 is 14.4 Å². The Balaban J connectivity index is 1.63. The second-order valence-corrected chi connectivity index (χ2v) is 6.60. The van der Waals surface area contributed by atoms with Crippen molar-refractivity contribution in [2.45, 2.75) is 38.2 Å². The minimum atomic E-state index is 0.244. The number of ether oxygens (including phenoxy) is 2. The summed E-state index contributed by atoms with van der Waals surface area (Å²) in [5.41, 5.74) is 0.244. The predicted octanol–water partition coefficient (Wildman–Crippen LogP) is 2.47. The summed E-state index contributed by atoms with van der Waals surface area (Å²) in [4.78, 5) is 2.67. The molecule has 2 heterocycles. The van der Waals surface area contributed by atoms with Crippen molar-refractivity contribution in [2.75, 3.05) is 39.5 Å². The number of likely N-dealkylation sites (tertiary alicyclic amines) is 1. The average molecular weight is 265 g/mol. The van der Waals surface area contributed by atoms with E-state index < -0.39 is 0 Å². The summed E-state index contributed by atoms with van der Waals surface area (Å²) in [5.74, 6) is 0.979. The van der Waals surface area contributed by atoms with Crippen molar-refractivity contribution in [3.63, 3.8) is 0 Å². The van der Waals surface area contributed by atoms with E-state index >= 15 is 0 Å². The SMILES string of the molecule is C=CCOC[C@@]12CCCO[C@H]1CCN(CC1CC1)C2. The van der Waals surface area contributed by atoms with Crippen molar-refractivity contribution in [3.8, 4) is 0 Å². The maximum absolute atomic E-state index is 6.05. The smallest absolute Gasteiger partial charge is 0.0677 e.